The number of aliphatic carboxylic acids is 1. The number of halogens is 3. The minimum atomic E-state index is -4.60. The Morgan fingerprint density at radius 2 is 1.51 bits per heavy atom. The molecule has 3 N–H and O–H groups in total. The highest BCUT2D eigenvalue weighted by molar-refractivity contribution is 6.04. The number of aromatic nitrogens is 1. The summed E-state index contributed by atoms with van der Waals surface area (Å²) in [6.07, 6.45) is 0.753. The fourth-order valence-electron chi connectivity index (χ4n) is 7.41. The number of hydrogen-bond acceptors (Lipinski definition) is 8. The molecule has 10 nitrogen and oxygen atoms in total. The number of β-amino-alcohol motifs (C(OH)–C–C–N with tert-alkyl or cyclic N) is 1. The lowest BCUT2D eigenvalue weighted by molar-refractivity contribution is -0.141. The summed E-state index contributed by atoms with van der Waals surface area (Å²) in [4.78, 5) is 33.2. The number of carboxylic acids is 1. The van der Waals surface area contributed by atoms with Gasteiger partial charge < -0.3 is 25.0 Å². The lowest BCUT2D eigenvalue weighted by atomic mass is 9.92. The Morgan fingerprint density at radius 1 is 0.873 bits per heavy atom. The third kappa shape index (κ3) is 9.01. The molecule has 55 heavy (non-hydrogen) atoms. The van der Waals surface area contributed by atoms with Gasteiger partial charge in [0.15, 0.2) is 0 Å². The van der Waals surface area contributed by atoms with Gasteiger partial charge in [-0.15, -0.1) is 0 Å². The quantitative estimate of drug-likeness (QED) is 0.128. The Kier molecular flexibility index (Phi) is 11.9. The molecule has 290 valence electrons. The number of amides is 1. The maximum Gasteiger partial charge on any atom is 0.417 e. The summed E-state index contributed by atoms with van der Waals surface area (Å²) in [6, 6.07) is 15.3. The van der Waals surface area contributed by atoms with Gasteiger partial charge in [0, 0.05) is 61.8 Å². The summed E-state index contributed by atoms with van der Waals surface area (Å²) in [6.45, 7) is 6.55. The molecule has 2 saturated heterocycles. The number of benzene rings is 3. The van der Waals surface area contributed by atoms with E-state index in [1.165, 1.54) is 26.4 Å². The molecule has 3 aromatic carbocycles. The number of alkyl halides is 3. The third-order valence-electron chi connectivity index (χ3n) is 10.5. The van der Waals surface area contributed by atoms with Crippen molar-refractivity contribution >= 4 is 29.7 Å². The lowest BCUT2D eigenvalue weighted by Crippen LogP contribution is -2.23. The first-order valence-corrected chi connectivity index (χ1v) is 18.1. The molecule has 2 aliphatic heterocycles. The van der Waals surface area contributed by atoms with Crippen molar-refractivity contribution in [1.29, 1.82) is 0 Å². The number of aliphatic hydroxyl groups excluding tert-OH is 1. The van der Waals surface area contributed by atoms with Gasteiger partial charge in [0.2, 0.25) is 0 Å². The van der Waals surface area contributed by atoms with E-state index in [0.717, 1.165) is 39.4 Å². The average molecular weight is 759 g/mol. The Hall–Kier alpha value is -5.24. The zero-order valence-electron chi connectivity index (χ0n) is 31.2. The highest BCUT2D eigenvalue weighted by Crippen LogP contribution is 2.38. The van der Waals surface area contributed by atoms with Gasteiger partial charge in [-0.05, 0) is 84.8 Å². The molecule has 0 unspecified atom stereocenters. The summed E-state index contributed by atoms with van der Waals surface area (Å²) in [5, 5.41) is 22.2. The van der Waals surface area contributed by atoms with Crippen molar-refractivity contribution < 1.29 is 42.4 Å². The van der Waals surface area contributed by atoms with Gasteiger partial charge in [-0.1, -0.05) is 42.5 Å². The van der Waals surface area contributed by atoms with Crippen molar-refractivity contribution in [2.24, 2.45) is 5.92 Å². The molecule has 2 atom stereocenters. The molecule has 2 fully saturated rings. The van der Waals surface area contributed by atoms with Crippen LogP contribution in [0, 0.1) is 19.8 Å². The van der Waals surface area contributed by atoms with E-state index in [0.29, 0.717) is 68.3 Å². The Morgan fingerprint density at radius 3 is 2.16 bits per heavy atom. The van der Waals surface area contributed by atoms with Crippen LogP contribution in [0.25, 0.3) is 23.3 Å². The summed E-state index contributed by atoms with van der Waals surface area (Å²) >= 11 is 0. The number of ether oxygens (including phenoxy) is 2. The number of nitrogens with one attached hydrogen (secondary N) is 1. The summed E-state index contributed by atoms with van der Waals surface area (Å²) in [5.74, 6) is -0.837. The van der Waals surface area contributed by atoms with Crippen LogP contribution in [0.15, 0.2) is 60.8 Å². The number of carboxylic acid groups (broad SMARTS) is 1. The van der Waals surface area contributed by atoms with Crippen LogP contribution >= 0.6 is 0 Å². The Labute approximate surface area is 318 Å². The second kappa shape index (κ2) is 16.6. The van der Waals surface area contributed by atoms with Crippen LogP contribution in [-0.4, -0.2) is 83.4 Å². The van der Waals surface area contributed by atoms with Gasteiger partial charge in [-0.25, -0.2) is 0 Å². The van der Waals surface area contributed by atoms with E-state index in [-0.39, 0.29) is 17.8 Å². The van der Waals surface area contributed by atoms with E-state index in [1.807, 2.05) is 54.0 Å². The monoisotopic (exact) mass is 758 g/mol. The van der Waals surface area contributed by atoms with E-state index in [1.54, 1.807) is 24.4 Å². The molecular formula is C42H45F3N4O6. The fourth-order valence-corrected chi connectivity index (χ4v) is 7.41. The molecule has 0 radical (unpaired) electrons. The predicted octanol–water partition coefficient (Wildman–Crippen LogP) is 7.30. The van der Waals surface area contributed by atoms with Gasteiger partial charge in [0.25, 0.3) is 5.91 Å². The molecule has 1 amide bonds. The van der Waals surface area contributed by atoms with Gasteiger partial charge in [-0.2, -0.15) is 13.2 Å². The van der Waals surface area contributed by atoms with E-state index >= 15 is 0 Å². The highest BCUT2D eigenvalue weighted by Gasteiger charge is 2.35. The maximum absolute atomic E-state index is 14.4. The van der Waals surface area contributed by atoms with E-state index in [2.05, 4.69) is 10.3 Å². The van der Waals surface area contributed by atoms with Gasteiger partial charge in [-0.3, -0.25) is 24.4 Å². The predicted molar refractivity (Wildman–Crippen MR) is 204 cm³/mol. The average Bonchev–Trinajstić information content (AvgIpc) is 3.80. The zero-order chi connectivity index (χ0) is 39.4. The van der Waals surface area contributed by atoms with Crippen LogP contribution in [0.5, 0.6) is 11.5 Å². The second-order valence-electron chi connectivity index (χ2n) is 14.2. The lowest BCUT2D eigenvalue weighted by Gasteiger charge is -2.20. The van der Waals surface area contributed by atoms with Crippen LogP contribution in [0.4, 0.5) is 18.9 Å². The van der Waals surface area contributed by atoms with E-state index in [9.17, 15) is 33.0 Å². The summed E-state index contributed by atoms with van der Waals surface area (Å²) in [7, 11) is 2.94. The van der Waals surface area contributed by atoms with Crippen molar-refractivity contribution in [2.45, 2.75) is 52.1 Å². The molecule has 0 aliphatic carbocycles. The molecule has 0 bridgehead atoms. The number of pyridine rings is 1. The van der Waals surface area contributed by atoms with E-state index < -0.39 is 35.6 Å². The summed E-state index contributed by atoms with van der Waals surface area (Å²) < 4.78 is 54.3. The topological polar surface area (TPSA) is 124 Å². The smallest absolute Gasteiger partial charge is 0.417 e. The first-order valence-electron chi connectivity index (χ1n) is 18.1. The van der Waals surface area contributed by atoms with Crippen LogP contribution in [0.3, 0.4) is 0 Å². The molecule has 1 aromatic heterocycles. The highest BCUT2D eigenvalue weighted by atomic mass is 19.4. The van der Waals surface area contributed by atoms with Gasteiger partial charge in [0.1, 0.15) is 17.2 Å². The van der Waals surface area contributed by atoms with Crippen LogP contribution in [0.1, 0.15) is 62.3 Å². The molecule has 6 rings (SSSR count). The number of rotatable bonds is 12. The molecule has 4 aromatic rings. The minimum absolute atomic E-state index is 0.0265. The largest absolute Gasteiger partial charge is 0.496 e. The molecule has 13 heteroatoms. The first kappa shape index (κ1) is 39.5. The maximum atomic E-state index is 14.4. The SMILES string of the molecule is COc1cc(/C=C/c2cccc(-c3cccc(NC(=O)c4cc(OC)c(CN5CC[C@@H](C(=O)O)C5)cn4)c3C)c2C)c(C(F)(F)F)cc1CN1CC[C@@H](O)C1. The van der Waals surface area contributed by atoms with Crippen LogP contribution in [-0.2, 0) is 24.1 Å². The van der Waals surface area contributed by atoms with Gasteiger partial charge >= 0.3 is 12.1 Å². The normalized spacial score (nSPS) is 17.9. The molecule has 0 spiro atoms. The number of methoxy groups -OCH3 is 2. The molecule has 3 heterocycles. The standard InChI is InChI=1S/C42H45F3N4O6/c1-25-27(11-12-28-18-38(54-3)30(17-35(28)42(43,44)45)22-49-16-14-32(50)24-49)7-5-8-33(25)34-9-6-10-36(26(34)2)47-40(51)37-19-39(55-4)31(20-46-37)23-48-15-13-29(21-48)41(52)53/h5-12,17-20,29,32,50H,13-16,21-24H2,1-4H3,(H,47,51)(H,52,53)/b12-11+/t29-,32-/m1/s1. The number of likely N-dealkylation sites (tertiary alicyclic amines) is 2. The minimum Gasteiger partial charge on any atom is -0.496 e. The molecular weight excluding hydrogens is 713 g/mol. The van der Waals surface area contributed by atoms with Crippen LogP contribution < -0.4 is 14.8 Å². The number of aliphatic hydroxyl groups is 1. The first-order chi connectivity index (χ1) is 26.2. The van der Waals surface area contributed by atoms with Crippen molar-refractivity contribution in [3.63, 3.8) is 0 Å². The Bertz CT molecular complexity index is 2100. The van der Waals surface area contributed by atoms with Crippen molar-refractivity contribution in [3.8, 4) is 22.6 Å². The molecule has 2 aliphatic rings. The zero-order valence-corrected chi connectivity index (χ0v) is 31.2. The molecule has 0 saturated carbocycles. The van der Waals surface area contributed by atoms with Crippen LogP contribution in [0.2, 0.25) is 0 Å². The Balaban J connectivity index is 1.22. The van der Waals surface area contributed by atoms with E-state index in [4.69, 9.17) is 9.47 Å². The number of anilines is 1. The fraction of sp³-hybridized carbons (Fsp3) is 0.357. The second-order valence-corrected chi connectivity index (χ2v) is 14.2. The van der Waals surface area contributed by atoms with Gasteiger partial charge in [0.05, 0.1) is 31.8 Å². The number of carbonyl (C=O) groups is 2. The number of nitrogens with zero attached hydrogens (tertiary/aromatic N) is 3. The third-order valence-corrected chi connectivity index (χ3v) is 10.5. The van der Waals surface area contributed by atoms with Crippen molar-refractivity contribution in [1.82, 2.24) is 14.8 Å². The summed E-state index contributed by atoms with van der Waals surface area (Å²) in [5.41, 5.74) is 5.11. The number of hydrogen-bond donors (Lipinski definition) is 3. The van der Waals surface area contributed by atoms with Crippen molar-refractivity contribution in [2.75, 3.05) is 45.7 Å². The number of carbonyl (C=O) groups excluding carboxylic acids is 1. The van der Waals surface area contributed by atoms with Crippen molar-refractivity contribution in [3.05, 3.63) is 105 Å².